The largest absolute Gasteiger partial charge is 0.349 e. The second kappa shape index (κ2) is 7.04. The molecule has 0 unspecified atom stereocenters. The van der Waals surface area contributed by atoms with Crippen molar-refractivity contribution in [3.8, 4) is 0 Å². The number of aromatic nitrogens is 2. The van der Waals surface area contributed by atoms with Crippen LogP contribution < -0.4 is 5.32 Å². The first-order valence-corrected chi connectivity index (χ1v) is 6.96. The zero-order chi connectivity index (χ0) is 14.4. The SMILES string of the molecule is O=C(CCSc1ccc(F)c(F)c1)NCc1ncc[nH]1. The van der Waals surface area contributed by atoms with E-state index in [0.717, 1.165) is 12.1 Å². The van der Waals surface area contributed by atoms with Crippen LogP contribution in [0.1, 0.15) is 12.2 Å². The molecule has 0 aliphatic carbocycles. The second-order valence-electron chi connectivity index (χ2n) is 3.99. The second-order valence-corrected chi connectivity index (χ2v) is 5.16. The summed E-state index contributed by atoms with van der Waals surface area (Å²) in [7, 11) is 0. The van der Waals surface area contributed by atoms with Gasteiger partial charge in [0.1, 0.15) is 5.82 Å². The van der Waals surface area contributed by atoms with Gasteiger partial charge in [-0.3, -0.25) is 4.79 Å². The third kappa shape index (κ3) is 4.34. The molecule has 106 valence electrons. The Morgan fingerprint density at radius 3 is 2.90 bits per heavy atom. The monoisotopic (exact) mass is 297 g/mol. The van der Waals surface area contributed by atoms with Crippen molar-refractivity contribution in [2.45, 2.75) is 17.9 Å². The Morgan fingerprint density at radius 2 is 2.20 bits per heavy atom. The molecule has 0 radical (unpaired) electrons. The van der Waals surface area contributed by atoms with Gasteiger partial charge in [0, 0.05) is 29.5 Å². The third-order valence-electron chi connectivity index (χ3n) is 2.50. The highest BCUT2D eigenvalue weighted by molar-refractivity contribution is 7.99. The van der Waals surface area contributed by atoms with Crippen LogP contribution in [-0.2, 0) is 11.3 Å². The minimum absolute atomic E-state index is 0.114. The van der Waals surface area contributed by atoms with Gasteiger partial charge in [-0.05, 0) is 18.2 Å². The van der Waals surface area contributed by atoms with Crippen LogP contribution in [0.25, 0.3) is 0 Å². The fourth-order valence-corrected chi connectivity index (χ4v) is 2.37. The summed E-state index contributed by atoms with van der Waals surface area (Å²) in [5.41, 5.74) is 0. The van der Waals surface area contributed by atoms with Crippen molar-refractivity contribution in [1.29, 1.82) is 0 Å². The first-order chi connectivity index (χ1) is 9.65. The third-order valence-corrected chi connectivity index (χ3v) is 3.49. The topological polar surface area (TPSA) is 57.8 Å². The van der Waals surface area contributed by atoms with E-state index in [0.29, 0.717) is 29.4 Å². The molecule has 0 aliphatic heterocycles. The van der Waals surface area contributed by atoms with Gasteiger partial charge in [-0.15, -0.1) is 11.8 Å². The molecule has 1 amide bonds. The number of H-pyrrole nitrogens is 1. The Bertz CT molecular complexity index is 575. The summed E-state index contributed by atoms with van der Waals surface area (Å²) in [6.07, 6.45) is 3.59. The van der Waals surface area contributed by atoms with Gasteiger partial charge in [0.15, 0.2) is 11.6 Å². The van der Waals surface area contributed by atoms with Crippen LogP contribution >= 0.6 is 11.8 Å². The van der Waals surface area contributed by atoms with Crippen molar-refractivity contribution in [3.05, 3.63) is 48.1 Å². The van der Waals surface area contributed by atoms with Crippen molar-refractivity contribution < 1.29 is 13.6 Å². The average Bonchev–Trinajstić information content (AvgIpc) is 2.94. The number of carbonyl (C=O) groups excluding carboxylic acids is 1. The fourth-order valence-electron chi connectivity index (χ4n) is 1.49. The molecular formula is C13H13F2N3OS. The smallest absolute Gasteiger partial charge is 0.221 e. The molecule has 0 fully saturated rings. The maximum Gasteiger partial charge on any atom is 0.221 e. The number of halogens is 2. The van der Waals surface area contributed by atoms with E-state index < -0.39 is 11.6 Å². The zero-order valence-electron chi connectivity index (χ0n) is 10.5. The lowest BCUT2D eigenvalue weighted by atomic mass is 10.3. The Kier molecular flexibility index (Phi) is 5.11. The summed E-state index contributed by atoms with van der Waals surface area (Å²) < 4.78 is 25.7. The predicted octanol–water partition coefficient (Wildman–Crippen LogP) is 2.49. The number of nitrogens with zero attached hydrogens (tertiary/aromatic N) is 1. The molecule has 1 aromatic heterocycles. The number of hydrogen-bond donors (Lipinski definition) is 2. The Hall–Kier alpha value is -1.89. The van der Waals surface area contributed by atoms with Gasteiger partial charge in [0.05, 0.1) is 6.54 Å². The average molecular weight is 297 g/mol. The molecular weight excluding hydrogens is 284 g/mol. The highest BCUT2D eigenvalue weighted by Crippen LogP contribution is 2.20. The molecule has 2 rings (SSSR count). The molecule has 7 heteroatoms. The van der Waals surface area contributed by atoms with Crippen molar-refractivity contribution in [1.82, 2.24) is 15.3 Å². The summed E-state index contributed by atoms with van der Waals surface area (Å²) in [5.74, 6) is -0.680. The molecule has 2 aromatic rings. The van der Waals surface area contributed by atoms with Crippen LogP contribution in [0.3, 0.4) is 0 Å². The Morgan fingerprint density at radius 1 is 1.35 bits per heavy atom. The van der Waals surface area contributed by atoms with Crippen LogP contribution in [0, 0.1) is 11.6 Å². The molecule has 1 heterocycles. The van der Waals surface area contributed by atoms with E-state index in [1.807, 2.05) is 0 Å². The van der Waals surface area contributed by atoms with E-state index in [9.17, 15) is 13.6 Å². The first-order valence-electron chi connectivity index (χ1n) is 5.98. The number of carbonyl (C=O) groups is 1. The van der Waals surface area contributed by atoms with Gasteiger partial charge in [0.2, 0.25) is 5.91 Å². The first kappa shape index (κ1) is 14.5. The van der Waals surface area contributed by atoms with Crippen LogP contribution in [0.4, 0.5) is 8.78 Å². The summed E-state index contributed by atoms with van der Waals surface area (Å²) in [6, 6.07) is 3.69. The molecule has 0 aliphatic rings. The van der Waals surface area contributed by atoms with E-state index >= 15 is 0 Å². The highest BCUT2D eigenvalue weighted by atomic mass is 32.2. The summed E-state index contributed by atoms with van der Waals surface area (Å²) in [5, 5.41) is 2.71. The molecule has 0 saturated carbocycles. The maximum absolute atomic E-state index is 13.0. The highest BCUT2D eigenvalue weighted by Gasteiger charge is 2.05. The van der Waals surface area contributed by atoms with Crippen molar-refractivity contribution in [2.75, 3.05) is 5.75 Å². The van der Waals surface area contributed by atoms with Gasteiger partial charge in [0.25, 0.3) is 0 Å². The van der Waals surface area contributed by atoms with E-state index in [2.05, 4.69) is 15.3 Å². The lowest BCUT2D eigenvalue weighted by molar-refractivity contribution is -0.120. The standard InChI is InChI=1S/C13H13F2N3OS/c14-10-2-1-9(7-11(10)15)20-6-3-13(19)18-8-12-16-4-5-17-12/h1-2,4-5,7H,3,6,8H2,(H,16,17)(H,18,19). The molecule has 20 heavy (non-hydrogen) atoms. The number of benzene rings is 1. The van der Waals surface area contributed by atoms with Crippen LogP contribution in [-0.4, -0.2) is 21.6 Å². The van der Waals surface area contributed by atoms with Crippen LogP contribution in [0.15, 0.2) is 35.5 Å². The normalized spacial score (nSPS) is 10.5. The zero-order valence-corrected chi connectivity index (χ0v) is 11.3. The lowest BCUT2D eigenvalue weighted by Gasteiger charge is -2.04. The number of thioether (sulfide) groups is 1. The number of imidazole rings is 1. The van der Waals surface area contributed by atoms with Gasteiger partial charge < -0.3 is 10.3 Å². The van der Waals surface area contributed by atoms with E-state index in [1.54, 1.807) is 12.4 Å². The summed E-state index contributed by atoms with van der Waals surface area (Å²) in [4.78, 5) is 19.0. The molecule has 4 nitrogen and oxygen atoms in total. The van der Waals surface area contributed by atoms with Gasteiger partial charge in [-0.2, -0.15) is 0 Å². The minimum Gasteiger partial charge on any atom is -0.349 e. The molecule has 0 bridgehead atoms. The van der Waals surface area contributed by atoms with E-state index in [1.165, 1.54) is 17.8 Å². The van der Waals surface area contributed by atoms with Crippen molar-refractivity contribution in [3.63, 3.8) is 0 Å². The van der Waals surface area contributed by atoms with Gasteiger partial charge in [-0.1, -0.05) is 0 Å². The maximum atomic E-state index is 13.0. The predicted molar refractivity (Wildman–Crippen MR) is 72.1 cm³/mol. The molecule has 0 saturated heterocycles. The van der Waals surface area contributed by atoms with E-state index in [-0.39, 0.29) is 5.91 Å². The van der Waals surface area contributed by atoms with Crippen LogP contribution in [0.2, 0.25) is 0 Å². The number of aromatic amines is 1. The number of amides is 1. The minimum atomic E-state index is -0.878. The summed E-state index contributed by atoms with van der Waals surface area (Å²) in [6.45, 7) is 0.349. The Balaban J connectivity index is 1.69. The lowest BCUT2D eigenvalue weighted by Crippen LogP contribution is -2.23. The Labute approximate surface area is 119 Å². The van der Waals surface area contributed by atoms with Gasteiger partial charge >= 0.3 is 0 Å². The fraction of sp³-hybridized carbons (Fsp3) is 0.231. The van der Waals surface area contributed by atoms with E-state index in [4.69, 9.17) is 0 Å². The van der Waals surface area contributed by atoms with Crippen LogP contribution in [0.5, 0.6) is 0 Å². The number of rotatable bonds is 6. The van der Waals surface area contributed by atoms with Crippen molar-refractivity contribution in [2.24, 2.45) is 0 Å². The van der Waals surface area contributed by atoms with Gasteiger partial charge in [-0.25, -0.2) is 13.8 Å². The molecule has 0 spiro atoms. The van der Waals surface area contributed by atoms with Crippen molar-refractivity contribution >= 4 is 17.7 Å². The quantitative estimate of drug-likeness (QED) is 0.805. The molecule has 0 atom stereocenters. The summed E-state index contributed by atoms with van der Waals surface area (Å²) >= 11 is 1.30. The number of nitrogens with one attached hydrogen (secondary N) is 2. The molecule has 2 N–H and O–H groups in total. The number of hydrogen-bond acceptors (Lipinski definition) is 3. The molecule has 1 aromatic carbocycles.